The summed E-state index contributed by atoms with van der Waals surface area (Å²) in [6, 6.07) is 7.76. The average Bonchev–Trinajstić information content (AvgIpc) is 2.35. The van der Waals surface area contributed by atoms with Gasteiger partial charge in [-0.1, -0.05) is 29.3 Å². The highest BCUT2D eigenvalue weighted by Gasteiger charge is 2.17. The number of aromatic nitrogens is 1. The summed E-state index contributed by atoms with van der Waals surface area (Å²) in [5, 5.41) is 14.4. The SMILES string of the molecule is O=[N+]([O-])c1ccc(Cl)nc1Nc1cccc(Cl)c1Br. The molecule has 0 saturated carbocycles. The predicted octanol–water partition coefficient (Wildman–Crippen LogP) is 4.80. The minimum Gasteiger partial charge on any atom is -0.333 e. The van der Waals surface area contributed by atoms with Crippen molar-refractivity contribution in [2.24, 2.45) is 0 Å². The van der Waals surface area contributed by atoms with Gasteiger partial charge in [0.2, 0.25) is 5.82 Å². The Morgan fingerprint density at radius 2 is 2.00 bits per heavy atom. The minimum atomic E-state index is -0.538. The number of halogens is 3. The smallest absolute Gasteiger partial charge is 0.311 e. The quantitative estimate of drug-likeness (QED) is 0.483. The Morgan fingerprint density at radius 1 is 1.26 bits per heavy atom. The molecule has 1 aromatic carbocycles. The summed E-state index contributed by atoms with van der Waals surface area (Å²) in [6.45, 7) is 0. The zero-order valence-corrected chi connectivity index (χ0v) is 12.3. The van der Waals surface area contributed by atoms with Gasteiger partial charge in [0.15, 0.2) is 0 Å². The van der Waals surface area contributed by atoms with Crippen LogP contribution >= 0.6 is 39.1 Å². The van der Waals surface area contributed by atoms with Crippen LogP contribution in [0.4, 0.5) is 17.2 Å². The van der Waals surface area contributed by atoms with Crippen molar-refractivity contribution >= 4 is 56.3 Å². The van der Waals surface area contributed by atoms with E-state index < -0.39 is 4.92 Å². The van der Waals surface area contributed by atoms with Gasteiger partial charge in [0.25, 0.3) is 0 Å². The molecule has 1 aromatic heterocycles. The molecule has 8 heteroatoms. The lowest BCUT2D eigenvalue weighted by atomic mass is 10.3. The molecule has 0 atom stereocenters. The van der Waals surface area contributed by atoms with Gasteiger partial charge >= 0.3 is 5.69 Å². The van der Waals surface area contributed by atoms with Gasteiger partial charge in [-0.3, -0.25) is 10.1 Å². The average molecular weight is 363 g/mol. The molecule has 0 spiro atoms. The third kappa shape index (κ3) is 3.15. The molecule has 0 amide bonds. The monoisotopic (exact) mass is 361 g/mol. The highest BCUT2D eigenvalue weighted by Crippen LogP contribution is 2.34. The fraction of sp³-hybridized carbons (Fsp3) is 0. The van der Waals surface area contributed by atoms with Gasteiger partial charge in [-0.25, -0.2) is 4.98 Å². The molecule has 0 aliphatic carbocycles. The zero-order chi connectivity index (χ0) is 14.0. The van der Waals surface area contributed by atoms with Crippen molar-refractivity contribution in [2.45, 2.75) is 0 Å². The van der Waals surface area contributed by atoms with Gasteiger partial charge in [-0.05, 0) is 34.1 Å². The van der Waals surface area contributed by atoms with Crippen LogP contribution in [0, 0.1) is 10.1 Å². The lowest BCUT2D eigenvalue weighted by Crippen LogP contribution is -2.00. The van der Waals surface area contributed by atoms with Crippen LogP contribution < -0.4 is 5.32 Å². The Balaban J connectivity index is 2.45. The van der Waals surface area contributed by atoms with Crippen LogP contribution in [-0.2, 0) is 0 Å². The van der Waals surface area contributed by atoms with Crippen LogP contribution in [0.15, 0.2) is 34.8 Å². The fourth-order valence-electron chi connectivity index (χ4n) is 1.40. The number of hydrogen-bond acceptors (Lipinski definition) is 4. The number of nitrogens with zero attached hydrogens (tertiary/aromatic N) is 2. The van der Waals surface area contributed by atoms with Crippen LogP contribution in [0.1, 0.15) is 0 Å². The van der Waals surface area contributed by atoms with E-state index in [1.165, 1.54) is 12.1 Å². The largest absolute Gasteiger partial charge is 0.333 e. The van der Waals surface area contributed by atoms with E-state index >= 15 is 0 Å². The topological polar surface area (TPSA) is 68.1 Å². The molecule has 0 fully saturated rings. The Hall–Kier alpha value is -1.37. The van der Waals surface area contributed by atoms with Gasteiger partial charge in [0.1, 0.15) is 5.15 Å². The molecule has 2 rings (SSSR count). The van der Waals surface area contributed by atoms with Crippen LogP contribution in [-0.4, -0.2) is 9.91 Å². The van der Waals surface area contributed by atoms with Crippen LogP contribution in [0.25, 0.3) is 0 Å². The van der Waals surface area contributed by atoms with Crippen LogP contribution in [0.2, 0.25) is 10.2 Å². The Bertz CT molecular complexity index is 652. The second-order valence-corrected chi connectivity index (χ2v) is 5.07. The van der Waals surface area contributed by atoms with Crippen molar-refractivity contribution in [3.8, 4) is 0 Å². The van der Waals surface area contributed by atoms with E-state index in [2.05, 4.69) is 26.2 Å². The number of pyridine rings is 1. The lowest BCUT2D eigenvalue weighted by molar-refractivity contribution is -0.384. The van der Waals surface area contributed by atoms with Gasteiger partial charge in [0.05, 0.1) is 20.1 Å². The molecular formula is C11H6BrCl2N3O2. The molecule has 0 unspecified atom stereocenters. The van der Waals surface area contributed by atoms with Gasteiger partial charge < -0.3 is 5.32 Å². The maximum atomic E-state index is 10.9. The zero-order valence-electron chi connectivity index (χ0n) is 9.23. The molecule has 0 aliphatic rings. The Kier molecular flexibility index (Phi) is 4.24. The molecule has 2 aromatic rings. The number of hydrogen-bond donors (Lipinski definition) is 1. The highest BCUT2D eigenvalue weighted by molar-refractivity contribution is 9.10. The van der Waals surface area contributed by atoms with E-state index in [-0.39, 0.29) is 16.7 Å². The second-order valence-electron chi connectivity index (χ2n) is 3.49. The van der Waals surface area contributed by atoms with Crippen molar-refractivity contribution in [3.63, 3.8) is 0 Å². The van der Waals surface area contributed by atoms with Gasteiger partial charge in [-0.15, -0.1) is 0 Å². The second kappa shape index (κ2) is 5.73. The Labute approximate surface area is 126 Å². The fourth-order valence-corrected chi connectivity index (χ4v) is 2.08. The summed E-state index contributed by atoms with van der Waals surface area (Å²) < 4.78 is 0.591. The first kappa shape index (κ1) is 14.0. The molecule has 1 heterocycles. The van der Waals surface area contributed by atoms with E-state index in [4.69, 9.17) is 23.2 Å². The van der Waals surface area contributed by atoms with Crippen molar-refractivity contribution < 1.29 is 4.92 Å². The van der Waals surface area contributed by atoms with Crippen molar-refractivity contribution in [2.75, 3.05) is 5.32 Å². The molecule has 1 N–H and O–H groups in total. The van der Waals surface area contributed by atoms with Crippen LogP contribution in [0.3, 0.4) is 0 Å². The van der Waals surface area contributed by atoms with Crippen molar-refractivity contribution in [1.29, 1.82) is 0 Å². The standard InChI is InChI=1S/C11H6BrCl2N3O2/c12-10-6(13)2-1-3-7(10)15-11-8(17(18)19)4-5-9(14)16-11/h1-5H,(H,15,16). The molecule has 0 radical (unpaired) electrons. The molecule has 19 heavy (non-hydrogen) atoms. The highest BCUT2D eigenvalue weighted by atomic mass is 79.9. The number of anilines is 2. The summed E-state index contributed by atoms with van der Waals surface area (Å²) in [4.78, 5) is 14.3. The molecule has 5 nitrogen and oxygen atoms in total. The summed E-state index contributed by atoms with van der Waals surface area (Å²) >= 11 is 15.0. The maximum Gasteiger partial charge on any atom is 0.311 e. The molecular weight excluding hydrogens is 357 g/mol. The van der Waals surface area contributed by atoms with Crippen molar-refractivity contribution in [3.05, 3.63) is 55.1 Å². The van der Waals surface area contributed by atoms with E-state index in [0.717, 1.165) is 0 Å². The molecule has 0 aliphatic heterocycles. The van der Waals surface area contributed by atoms with E-state index in [0.29, 0.717) is 15.2 Å². The summed E-state index contributed by atoms with van der Waals surface area (Å²) in [6.07, 6.45) is 0. The third-order valence-electron chi connectivity index (χ3n) is 2.24. The molecule has 0 bridgehead atoms. The molecule has 0 saturated heterocycles. The normalized spacial score (nSPS) is 10.3. The third-order valence-corrected chi connectivity index (χ3v) is 3.85. The van der Waals surface area contributed by atoms with Gasteiger partial charge in [-0.2, -0.15) is 0 Å². The number of rotatable bonds is 3. The Morgan fingerprint density at radius 3 is 2.68 bits per heavy atom. The number of benzene rings is 1. The summed E-state index contributed by atoms with van der Waals surface area (Å²) in [5.41, 5.74) is 0.390. The van der Waals surface area contributed by atoms with Crippen molar-refractivity contribution in [1.82, 2.24) is 4.98 Å². The number of nitro groups is 1. The first-order chi connectivity index (χ1) is 8.99. The van der Waals surface area contributed by atoms with Crippen LogP contribution in [0.5, 0.6) is 0 Å². The summed E-state index contributed by atoms with van der Waals surface area (Å²) in [5.74, 6) is 0.0560. The summed E-state index contributed by atoms with van der Waals surface area (Å²) in [7, 11) is 0. The van der Waals surface area contributed by atoms with E-state index in [9.17, 15) is 10.1 Å². The predicted molar refractivity (Wildman–Crippen MR) is 78.3 cm³/mol. The molecule has 98 valence electrons. The van der Waals surface area contributed by atoms with E-state index in [1.54, 1.807) is 18.2 Å². The minimum absolute atomic E-state index is 0.0560. The first-order valence-corrected chi connectivity index (χ1v) is 6.56. The maximum absolute atomic E-state index is 10.9. The first-order valence-electron chi connectivity index (χ1n) is 5.01. The van der Waals surface area contributed by atoms with Gasteiger partial charge in [0, 0.05) is 6.07 Å². The lowest BCUT2D eigenvalue weighted by Gasteiger charge is -2.09. The number of nitrogens with one attached hydrogen (secondary N) is 1. The van der Waals surface area contributed by atoms with E-state index in [1.807, 2.05) is 0 Å².